The molecule has 8 nitrogen and oxygen atoms in total. The number of hydroxylamine groups is 1. The lowest BCUT2D eigenvalue weighted by Crippen LogP contribution is -2.21. The molecule has 136 valence electrons. The van der Waals surface area contributed by atoms with Gasteiger partial charge in [0.05, 0.1) is 31.4 Å². The fraction of sp³-hybridized carbons (Fsp3) is 0.471. The first-order chi connectivity index (χ1) is 12.1. The number of fused-ring (bicyclic) bond motifs is 1. The third-order valence-electron chi connectivity index (χ3n) is 4.01. The molecule has 0 unspecified atom stereocenters. The Bertz CT molecular complexity index is 788. The maximum absolute atomic E-state index is 12.6. The normalized spacial score (nSPS) is 10.7. The Hall–Kier alpha value is -2.61. The Morgan fingerprint density at radius 3 is 2.52 bits per heavy atom. The molecule has 0 aliphatic heterocycles. The number of rotatable bonds is 9. The van der Waals surface area contributed by atoms with Crippen molar-refractivity contribution in [1.82, 2.24) is 15.0 Å². The van der Waals surface area contributed by atoms with Gasteiger partial charge in [0.15, 0.2) is 11.5 Å². The van der Waals surface area contributed by atoms with Crippen LogP contribution >= 0.6 is 0 Å². The first-order valence-electron chi connectivity index (χ1n) is 8.14. The standard InChI is InChI=1S/C17H23N3O5/c1-24-14-9-12-13(10-15(14)25-2)18-11-20(17(12)22)8-6-4-3-5-7-16(21)19-23/h9-11,23H,3-8H2,1-2H3,(H,19,21). The van der Waals surface area contributed by atoms with E-state index in [0.717, 1.165) is 19.3 Å². The van der Waals surface area contributed by atoms with E-state index < -0.39 is 0 Å². The molecular formula is C17H23N3O5. The van der Waals surface area contributed by atoms with Gasteiger partial charge in [-0.25, -0.2) is 10.5 Å². The Kier molecular flexibility index (Phi) is 6.76. The van der Waals surface area contributed by atoms with Crippen molar-refractivity contribution in [2.45, 2.75) is 38.6 Å². The summed E-state index contributed by atoms with van der Waals surface area (Å²) in [6.07, 6.45) is 5.09. The number of carbonyl (C=O) groups is 1. The first kappa shape index (κ1) is 18.7. The summed E-state index contributed by atoms with van der Waals surface area (Å²) in [5, 5.41) is 8.90. The van der Waals surface area contributed by atoms with Crippen molar-refractivity contribution in [3.63, 3.8) is 0 Å². The number of unbranched alkanes of at least 4 members (excludes halogenated alkanes) is 3. The highest BCUT2D eigenvalue weighted by Gasteiger charge is 2.11. The molecule has 1 aromatic heterocycles. The van der Waals surface area contributed by atoms with Gasteiger partial charge < -0.3 is 9.47 Å². The predicted octanol–water partition coefficient (Wildman–Crippen LogP) is 1.87. The predicted molar refractivity (Wildman–Crippen MR) is 92.1 cm³/mol. The smallest absolute Gasteiger partial charge is 0.261 e. The van der Waals surface area contributed by atoms with Crippen molar-refractivity contribution < 1.29 is 19.5 Å². The number of hydrogen-bond donors (Lipinski definition) is 2. The summed E-state index contributed by atoms with van der Waals surface area (Å²) in [5.41, 5.74) is 2.06. The van der Waals surface area contributed by atoms with Crippen molar-refractivity contribution in [1.29, 1.82) is 0 Å². The summed E-state index contributed by atoms with van der Waals surface area (Å²) in [6, 6.07) is 3.33. The highest BCUT2D eigenvalue weighted by Crippen LogP contribution is 2.29. The summed E-state index contributed by atoms with van der Waals surface area (Å²) < 4.78 is 12.0. The maximum Gasteiger partial charge on any atom is 0.261 e. The van der Waals surface area contributed by atoms with Crippen molar-refractivity contribution in [3.05, 3.63) is 28.8 Å². The van der Waals surface area contributed by atoms with Gasteiger partial charge in [0.1, 0.15) is 0 Å². The van der Waals surface area contributed by atoms with Crippen LogP contribution in [0.5, 0.6) is 11.5 Å². The van der Waals surface area contributed by atoms with E-state index in [-0.39, 0.29) is 11.5 Å². The molecular weight excluding hydrogens is 326 g/mol. The molecule has 25 heavy (non-hydrogen) atoms. The molecule has 2 rings (SSSR count). The van der Waals surface area contributed by atoms with Gasteiger partial charge >= 0.3 is 0 Å². The van der Waals surface area contributed by atoms with Crippen LogP contribution in [0.15, 0.2) is 23.3 Å². The van der Waals surface area contributed by atoms with Crippen LogP contribution in [0.4, 0.5) is 0 Å². The summed E-state index contributed by atoms with van der Waals surface area (Å²) >= 11 is 0. The van der Waals surface area contributed by atoms with E-state index in [9.17, 15) is 9.59 Å². The van der Waals surface area contributed by atoms with E-state index in [4.69, 9.17) is 14.7 Å². The number of hydrogen-bond acceptors (Lipinski definition) is 6. The maximum atomic E-state index is 12.6. The quantitative estimate of drug-likeness (QED) is 0.407. The molecule has 2 N–H and O–H groups in total. The molecule has 0 bridgehead atoms. The van der Waals surface area contributed by atoms with Crippen LogP contribution in [0.3, 0.4) is 0 Å². The van der Waals surface area contributed by atoms with Crippen molar-refractivity contribution in [3.8, 4) is 11.5 Å². The minimum Gasteiger partial charge on any atom is -0.493 e. The van der Waals surface area contributed by atoms with Crippen molar-refractivity contribution in [2.24, 2.45) is 0 Å². The van der Waals surface area contributed by atoms with Gasteiger partial charge in [-0.3, -0.25) is 19.4 Å². The lowest BCUT2D eigenvalue weighted by molar-refractivity contribution is -0.129. The molecule has 1 aromatic carbocycles. The van der Waals surface area contributed by atoms with Crippen LogP contribution < -0.4 is 20.5 Å². The monoisotopic (exact) mass is 349 g/mol. The Balaban J connectivity index is 2.01. The fourth-order valence-corrected chi connectivity index (χ4v) is 2.62. The molecule has 0 aliphatic rings. The molecule has 0 spiro atoms. The number of ether oxygens (including phenoxy) is 2. The summed E-state index contributed by atoms with van der Waals surface area (Å²) in [4.78, 5) is 27.8. The molecule has 1 amide bonds. The molecule has 0 saturated carbocycles. The molecule has 0 saturated heterocycles. The average molecular weight is 349 g/mol. The third kappa shape index (κ3) is 4.69. The van der Waals surface area contributed by atoms with Gasteiger partial charge in [-0.2, -0.15) is 0 Å². The van der Waals surface area contributed by atoms with Crippen LogP contribution in [-0.2, 0) is 11.3 Å². The van der Waals surface area contributed by atoms with Gasteiger partial charge in [0, 0.05) is 19.0 Å². The molecule has 0 atom stereocenters. The van der Waals surface area contributed by atoms with Crippen molar-refractivity contribution in [2.75, 3.05) is 14.2 Å². The molecule has 1 heterocycles. The number of amides is 1. The number of nitrogens with one attached hydrogen (secondary N) is 1. The molecule has 0 aliphatic carbocycles. The molecule has 0 fully saturated rings. The summed E-state index contributed by atoms with van der Waals surface area (Å²) in [5.74, 6) is 0.653. The van der Waals surface area contributed by atoms with Crippen molar-refractivity contribution >= 4 is 16.8 Å². The van der Waals surface area contributed by atoms with E-state index in [2.05, 4.69) is 4.98 Å². The Morgan fingerprint density at radius 1 is 1.16 bits per heavy atom. The average Bonchev–Trinajstić information content (AvgIpc) is 2.64. The zero-order valence-corrected chi connectivity index (χ0v) is 14.4. The summed E-state index contributed by atoms with van der Waals surface area (Å²) in [7, 11) is 3.06. The number of aromatic nitrogens is 2. The minimum absolute atomic E-state index is 0.120. The van der Waals surface area contributed by atoms with E-state index in [1.807, 2.05) is 0 Å². The van der Waals surface area contributed by atoms with E-state index in [1.165, 1.54) is 20.5 Å². The van der Waals surface area contributed by atoms with Gasteiger partial charge in [0.25, 0.3) is 5.56 Å². The van der Waals surface area contributed by atoms with Gasteiger partial charge in [-0.05, 0) is 18.9 Å². The largest absolute Gasteiger partial charge is 0.493 e. The topological polar surface area (TPSA) is 103 Å². The van der Waals surface area contributed by atoms with Crippen LogP contribution in [0, 0.1) is 0 Å². The fourth-order valence-electron chi connectivity index (χ4n) is 2.62. The number of benzene rings is 1. The second kappa shape index (κ2) is 9.03. The molecule has 8 heteroatoms. The number of nitrogens with zero attached hydrogens (tertiary/aromatic N) is 2. The van der Waals surface area contributed by atoms with E-state index in [1.54, 1.807) is 22.2 Å². The molecule has 0 radical (unpaired) electrons. The van der Waals surface area contributed by atoms with E-state index >= 15 is 0 Å². The first-order valence-corrected chi connectivity index (χ1v) is 8.14. The minimum atomic E-state index is -0.376. The third-order valence-corrected chi connectivity index (χ3v) is 4.01. The summed E-state index contributed by atoms with van der Waals surface area (Å²) in [6.45, 7) is 0.558. The molecule has 2 aromatic rings. The number of carbonyl (C=O) groups excluding carboxylic acids is 1. The Labute approximate surface area is 145 Å². The van der Waals surface area contributed by atoms with Crippen LogP contribution in [-0.4, -0.2) is 34.9 Å². The van der Waals surface area contributed by atoms with Gasteiger partial charge in [0.2, 0.25) is 5.91 Å². The van der Waals surface area contributed by atoms with Gasteiger partial charge in [-0.15, -0.1) is 0 Å². The lowest BCUT2D eigenvalue weighted by Gasteiger charge is -2.10. The van der Waals surface area contributed by atoms with Crippen LogP contribution in [0.2, 0.25) is 0 Å². The second-order valence-electron chi connectivity index (χ2n) is 5.67. The zero-order chi connectivity index (χ0) is 18.2. The highest BCUT2D eigenvalue weighted by atomic mass is 16.5. The zero-order valence-electron chi connectivity index (χ0n) is 14.4. The highest BCUT2D eigenvalue weighted by molar-refractivity contribution is 5.81. The SMILES string of the molecule is COc1cc2ncn(CCCCCCC(=O)NO)c(=O)c2cc1OC. The number of aryl methyl sites for hydroxylation is 1. The second-order valence-corrected chi connectivity index (χ2v) is 5.67. The number of methoxy groups -OCH3 is 2. The van der Waals surface area contributed by atoms with E-state index in [0.29, 0.717) is 41.8 Å². The van der Waals surface area contributed by atoms with Gasteiger partial charge in [-0.1, -0.05) is 12.8 Å². The van der Waals surface area contributed by atoms with Crippen LogP contribution in [0.25, 0.3) is 10.9 Å². The lowest BCUT2D eigenvalue weighted by atomic mass is 10.1. The van der Waals surface area contributed by atoms with Crippen LogP contribution in [0.1, 0.15) is 32.1 Å². The Morgan fingerprint density at radius 2 is 1.84 bits per heavy atom.